The average Bonchev–Trinajstić information content (AvgIpc) is 2.98. The van der Waals surface area contributed by atoms with Crippen molar-refractivity contribution in [3.8, 4) is 5.75 Å². The number of ketones is 1. The number of carbonyl (C=O) groups is 2. The molecule has 0 spiro atoms. The molecule has 2 aromatic rings. The molecule has 1 aliphatic rings. The van der Waals surface area contributed by atoms with Crippen LogP contribution in [0.1, 0.15) is 31.0 Å². The molecule has 1 saturated heterocycles. The van der Waals surface area contributed by atoms with Crippen molar-refractivity contribution in [2.24, 2.45) is 0 Å². The van der Waals surface area contributed by atoms with Gasteiger partial charge in [0, 0.05) is 24.2 Å². The van der Waals surface area contributed by atoms with Crippen LogP contribution in [0.5, 0.6) is 5.75 Å². The van der Waals surface area contributed by atoms with E-state index in [9.17, 15) is 29.9 Å². The van der Waals surface area contributed by atoms with Gasteiger partial charge in [0.25, 0.3) is 17.4 Å². The van der Waals surface area contributed by atoms with E-state index in [4.69, 9.17) is 4.74 Å². The van der Waals surface area contributed by atoms with Crippen LogP contribution in [0.3, 0.4) is 0 Å². The van der Waals surface area contributed by atoms with Crippen LogP contribution in [-0.2, 0) is 14.3 Å². The number of Topliss-reactive ketones (excluding diaryl/α,β-unsaturated/α-hetero) is 1. The minimum atomic E-state index is -0.897. The number of hydrogen-bond donors (Lipinski definition) is 2. The number of aliphatic hydroxyl groups excluding tert-OH is 1. The lowest BCUT2D eigenvalue weighted by molar-refractivity contribution is -0.384. The predicted octanol–water partition coefficient (Wildman–Crippen LogP) is 3.15. The van der Waals surface area contributed by atoms with E-state index < -0.39 is 28.4 Å². The number of amides is 1. The van der Waals surface area contributed by atoms with Gasteiger partial charge < -0.3 is 19.8 Å². The smallest absolute Gasteiger partial charge is 0.295 e. The summed E-state index contributed by atoms with van der Waals surface area (Å²) in [6.07, 6.45) is -0.0657. The summed E-state index contributed by atoms with van der Waals surface area (Å²) >= 11 is 0. The lowest BCUT2D eigenvalue weighted by Crippen LogP contribution is -2.33. The van der Waals surface area contributed by atoms with Gasteiger partial charge in [0.1, 0.15) is 11.5 Å². The summed E-state index contributed by atoms with van der Waals surface area (Å²) < 4.78 is 5.52. The number of phenolic OH excluding ortho intramolecular Hbond substituents is 1. The standard InChI is InChI=1S/C22H22N2O7/c1-13(2)31-12-11-23-19(14-5-9-17(25)10-6-14)18(21(27)22(23)28)20(26)15-3-7-16(8-4-15)24(29)30/h3-10,13,19,25-26H,11-12H2,1-2H3/b20-18-. The number of carbonyl (C=O) groups excluding carboxylic acids is 2. The zero-order chi connectivity index (χ0) is 22.7. The second-order valence-corrected chi connectivity index (χ2v) is 7.31. The lowest BCUT2D eigenvalue weighted by atomic mass is 9.95. The summed E-state index contributed by atoms with van der Waals surface area (Å²) in [5.41, 5.74) is 0.392. The highest BCUT2D eigenvalue weighted by Gasteiger charge is 2.45. The quantitative estimate of drug-likeness (QED) is 0.229. The highest BCUT2D eigenvalue weighted by Crippen LogP contribution is 2.39. The molecule has 1 unspecified atom stereocenters. The van der Waals surface area contributed by atoms with Crippen LogP contribution in [-0.4, -0.2) is 51.0 Å². The first-order valence-electron chi connectivity index (χ1n) is 9.64. The number of nitro groups is 1. The van der Waals surface area contributed by atoms with Gasteiger partial charge in [0.15, 0.2) is 0 Å². The average molecular weight is 426 g/mol. The molecule has 0 saturated carbocycles. The van der Waals surface area contributed by atoms with Gasteiger partial charge in [0.05, 0.1) is 29.2 Å². The second-order valence-electron chi connectivity index (χ2n) is 7.31. The molecule has 1 amide bonds. The minimum absolute atomic E-state index is 0.0132. The Labute approximate surface area is 178 Å². The molecule has 0 aromatic heterocycles. The Hall–Kier alpha value is -3.72. The first-order chi connectivity index (χ1) is 14.7. The van der Waals surface area contributed by atoms with Gasteiger partial charge in [-0.3, -0.25) is 19.7 Å². The van der Waals surface area contributed by atoms with Crippen molar-refractivity contribution in [2.75, 3.05) is 13.2 Å². The van der Waals surface area contributed by atoms with E-state index in [0.29, 0.717) is 5.56 Å². The molecule has 0 radical (unpaired) electrons. The van der Waals surface area contributed by atoms with Crippen LogP contribution >= 0.6 is 0 Å². The number of ether oxygens (including phenoxy) is 1. The largest absolute Gasteiger partial charge is 0.508 e. The van der Waals surface area contributed by atoms with Gasteiger partial charge in [-0.25, -0.2) is 0 Å². The highest BCUT2D eigenvalue weighted by molar-refractivity contribution is 6.46. The number of aliphatic hydroxyl groups is 1. The summed E-state index contributed by atoms with van der Waals surface area (Å²) in [5.74, 6) is -2.06. The molecule has 9 nitrogen and oxygen atoms in total. The summed E-state index contributed by atoms with van der Waals surface area (Å²) in [5, 5.41) is 31.4. The van der Waals surface area contributed by atoms with Crippen LogP contribution in [0.15, 0.2) is 54.1 Å². The molecule has 2 aromatic carbocycles. The fourth-order valence-electron chi connectivity index (χ4n) is 3.40. The molecule has 0 aliphatic carbocycles. The van der Waals surface area contributed by atoms with Crippen LogP contribution in [0.2, 0.25) is 0 Å². The molecule has 1 heterocycles. The fourth-order valence-corrected chi connectivity index (χ4v) is 3.40. The molecule has 9 heteroatoms. The Bertz CT molecular complexity index is 1030. The normalized spacial score (nSPS) is 18.0. The van der Waals surface area contributed by atoms with E-state index in [0.717, 1.165) is 0 Å². The van der Waals surface area contributed by atoms with Crippen LogP contribution < -0.4 is 0 Å². The van der Waals surface area contributed by atoms with Crippen LogP contribution in [0, 0.1) is 10.1 Å². The van der Waals surface area contributed by atoms with Gasteiger partial charge in [-0.15, -0.1) is 0 Å². The van der Waals surface area contributed by atoms with E-state index in [1.54, 1.807) is 12.1 Å². The number of phenols is 1. The number of aromatic hydroxyl groups is 1. The number of non-ortho nitro benzene ring substituents is 1. The summed E-state index contributed by atoms with van der Waals surface area (Å²) in [6, 6.07) is 10.1. The number of benzene rings is 2. The van der Waals surface area contributed by atoms with E-state index in [1.165, 1.54) is 41.3 Å². The third-order valence-electron chi connectivity index (χ3n) is 4.88. The van der Waals surface area contributed by atoms with Crippen LogP contribution in [0.25, 0.3) is 5.76 Å². The molecular formula is C22H22N2O7. The van der Waals surface area contributed by atoms with Gasteiger partial charge in [-0.2, -0.15) is 0 Å². The van der Waals surface area contributed by atoms with E-state index in [2.05, 4.69) is 0 Å². The Balaban J connectivity index is 2.07. The van der Waals surface area contributed by atoms with Crippen molar-refractivity contribution in [1.82, 2.24) is 4.90 Å². The van der Waals surface area contributed by atoms with E-state index >= 15 is 0 Å². The van der Waals surface area contributed by atoms with Gasteiger partial charge in [0.2, 0.25) is 0 Å². The maximum absolute atomic E-state index is 12.8. The maximum atomic E-state index is 12.8. The molecule has 1 fully saturated rings. The third-order valence-corrected chi connectivity index (χ3v) is 4.88. The Kier molecular flexibility index (Phi) is 6.36. The van der Waals surface area contributed by atoms with Crippen molar-refractivity contribution < 1.29 is 29.5 Å². The number of nitrogens with zero attached hydrogens (tertiary/aromatic N) is 2. The number of likely N-dealkylation sites (tertiary alicyclic amines) is 1. The zero-order valence-electron chi connectivity index (χ0n) is 17.0. The molecule has 31 heavy (non-hydrogen) atoms. The molecule has 1 aliphatic heterocycles. The monoisotopic (exact) mass is 426 g/mol. The summed E-state index contributed by atoms with van der Waals surface area (Å²) in [4.78, 5) is 37.2. The summed E-state index contributed by atoms with van der Waals surface area (Å²) in [7, 11) is 0. The number of nitro benzene ring substituents is 1. The van der Waals surface area contributed by atoms with E-state index in [-0.39, 0.29) is 41.8 Å². The molecule has 3 rings (SSSR count). The fraction of sp³-hybridized carbons (Fsp3) is 0.273. The van der Waals surface area contributed by atoms with Gasteiger partial charge in [-0.1, -0.05) is 12.1 Å². The number of rotatable bonds is 7. The highest BCUT2D eigenvalue weighted by atomic mass is 16.6. The Morgan fingerprint density at radius 3 is 2.29 bits per heavy atom. The van der Waals surface area contributed by atoms with Crippen molar-refractivity contribution in [2.45, 2.75) is 26.0 Å². The topological polar surface area (TPSA) is 130 Å². The predicted molar refractivity (Wildman–Crippen MR) is 111 cm³/mol. The lowest BCUT2D eigenvalue weighted by Gasteiger charge is -2.25. The van der Waals surface area contributed by atoms with Crippen LogP contribution in [0.4, 0.5) is 5.69 Å². The maximum Gasteiger partial charge on any atom is 0.295 e. The SMILES string of the molecule is CC(C)OCCN1C(=O)C(=O)/C(=C(\O)c2ccc([N+](=O)[O-])cc2)C1c1ccc(O)cc1. The Morgan fingerprint density at radius 2 is 1.74 bits per heavy atom. The molecular weight excluding hydrogens is 404 g/mol. The molecule has 2 N–H and O–H groups in total. The first kappa shape index (κ1) is 22.0. The minimum Gasteiger partial charge on any atom is -0.508 e. The summed E-state index contributed by atoms with van der Waals surface area (Å²) in [6.45, 7) is 4.00. The molecule has 162 valence electrons. The first-order valence-corrected chi connectivity index (χ1v) is 9.64. The van der Waals surface area contributed by atoms with Crippen molar-refractivity contribution >= 4 is 23.1 Å². The molecule has 1 atom stereocenters. The zero-order valence-corrected chi connectivity index (χ0v) is 17.0. The van der Waals surface area contributed by atoms with Crippen molar-refractivity contribution in [3.63, 3.8) is 0 Å². The van der Waals surface area contributed by atoms with Crippen molar-refractivity contribution in [3.05, 3.63) is 75.3 Å². The number of hydrogen-bond acceptors (Lipinski definition) is 7. The second kappa shape index (κ2) is 8.97. The van der Waals surface area contributed by atoms with E-state index in [1.807, 2.05) is 13.8 Å². The van der Waals surface area contributed by atoms with Gasteiger partial charge >= 0.3 is 0 Å². The van der Waals surface area contributed by atoms with Crippen molar-refractivity contribution in [1.29, 1.82) is 0 Å². The van der Waals surface area contributed by atoms with Gasteiger partial charge in [-0.05, 0) is 43.7 Å². The molecule has 0 bridgehead atoms. The third kappa shape index (κ3) is 4.56. The Morgan fingerprint density at radius 1 is 1.13 bits per heavy atom.